The van der Waals surface area contributed by atoms with Crippen LogP contribution in [-0.2, 0) is 4.74 Å². The lowest BCUT2D eigenvalue weighted by atomic mass is 10.1. The van der Waals surface area contributed by atoms with E-state index in [-0.39, 0.29) is 5.96 Å². The molecule has 0 aliphatic rings. The number of fused-ring (bicyclic) bond motifs is 1. The summed E-state index contributed by atoms with van der Waals surface area (Å²) in [5, 5.41) is 14.7. The standard InChI is InChI=1S/C14H16N6O2/c1-4-16-13(20-14(21)22-3)19-10-5-9(6-15)12-11(8(10)2)17-7-18-12/h5,7H,4H2,1-3H3,(H,17,18)(H2,16,19,20,21). The number of methoxy groups -OCH3 is 1. The molecule has 0 aliphatic carbocycles. The summed E-state index contributed by atoms with van der Waals surface area (Å²) in [6.07, 6.45) is 0.912. The summed E-state index contributed by atoms with van der Waals surface area (Å²) >= 11 is 0. The first-order chi connectivity index (χ1) is 10.6. The van der Waals surface area contributed by atoms with E-state index in [1.54, 1.807) is 6.07 Å². The number of nitriles is 1. The van der Waals surface area contributed by atoms with Crippen LogP contribution in [-0.4, -0.2) is 35.7 Å². The third-order valence-corrected chi connectivity index (χ3v) is 3.05. The summed E-state index contributed by atoms with van der Waals surface area (Å²) < 4.78 is 4.56. The topological polar surface area (TPSA) is 115 Å². The SMILES string of the molecule is CCN=C(NC(=O)OC)Nc1cc(C#N)c2[nH]cnc2c1C. The van der Waals surface area contributed by atoms with Crippen LogP contribution < -0.4 is 10.6 Å². The summed E-state index contributed by atoms with van der Waals surface area (Å²) in [5.41, 5.74) is 3.30. The Labute approximate surface area is 127 Å². The average molecular weight is 300 g/mol. The number of aromatic amines is 1. The van der Waals surface area contributed by atoms with Crippen LogP contribution in [0.1, 0.15) is 18.1 Å². The number of guanidine groups is 1. The van der Waals surface area contributed by atoms with Gasteiger partial charge in [0.15, 0.2) is 0 Å². The van der Waals surface area contributed by atoms with Crippen LogP contribution in [0.3, 0.4) is 0 Å². The van der Waals surface area contributed by atoms with Crippen molar-refractivity contribution in [1.82, 2.24) is 15.3 Å². The van der Waals surface area contributed by atoms with Crippen LogP contribution in [0.4, 0.5) is 10.5 Å². The van der Waals surface area contributed by atoms with Crippen molar-refractivity contribution in [2.24, 2.45) is 4.99 Å². The first-order valence-corrected chi connectivity index (χ1v) is 6.63. The molecule has 0 atom stereocenters. The van der Waals surface area contributed by atoms with Crippen molar-refractivity contribution in [3.8, 4) is 6.07 Å². The Hall–Kier alpha value is -3.08. The predicted molar refractivity (Wildman–Crippen MR) is 82.7 cm³/mol. The number of H-pyrrole nitrogens is 1. The highest BCUT2D eigenvalue weighted by Gasteiger charge is 2.13. The van der Waals surface area contributed by atoms with Crippen molar-refractivity contribution >= 4 is 28.8 Å². The number of aryl methyl sites for hydroxylation is 1. The lowest BCUT2D eigenvalue weighted by Crippen LogP contribution is -2.36. The molecule has 0 bridgehead atoms. The van der Waals surface area contributed by atoms with Gasteiger partial charge in [0.05, 0.1) is 30.0 Å². The normalized spacial score (nSPS) is 11.1. The number of ether oxygens (including phenoxy) is 1. The molecule has 3 N–H and O–H groups in total. The molecule has 114 valence electrons. The zero-order valence-electron chi connectivity index (χ0n) is 12.5. The molecule has 1 amide bonds. The molecule has 8 heteroatoms. The fraction of sp³-hybridized carbons (Fsp3) is 0.286. The van der Waals surface area contributed by atoms with Gasteiger partial charge >= 0.3 is 6.09 Å². The number of hydrogen-bond donors (Lipinski definition) is 3. The van der Waals surface area contributed by atoms with Crippen molar-refractivity contribution in [1.29, 1.82) is 5.26 Å². The molecule has 8 nitrogen and oxygen atoms in total. The van der Waals surface area contributed by atoms with Crippen molar-refractivity contribution in [2.45, 2.75) is 13.8 Å². The maximum absolute atomic E-state index is 11.3. The number of nitrogens with zero attached hydrogens (tertiary/aromatic N) is 3. The number of hydrogen-bond acceptors (Lipinski definition) is 5. The Bertz CT molecular complexity index is 771. The van der Waals surface area contributed by atoms with Gasteiger partial charge in [-0.25, -0.2) is 9.78 Å². The fourth-order valence-corrected chi connectivity index (χ4v) is 2.00. The third-order valence-electron chi connectivity index (χ3n) is 3.05. The van der Waals surface area contributed by atoms with E-state index in [1.165, 1.54) is 13.4 Å². The molecule has 0 radical (unpaired) electrons. The number of nitrogens with one attached hydrogen (secondary N) is 3. The lowest BCUT2D eigenvalue weighted by molar-refractivity contribution is 0.177. The van der Waals surface area contributed by atoms with E-state index in [0.717, 1.165) is 5.56 Å². The van der Waals surface area contributed by atoms with Gasteiger partial charge in [-0.3, -0.25) is 10.3 Å². The van der Waals surface area contributed by atoms with Crippen LogP contribution in [0.2, 0.25) is 0 Å². The summed E-state index contributed by atoms with van der Waals surface area (Å²) in [4.78, 5) is 22.7. The first-order valence-electron chi connectivity index (χ1n) is 6.63. The predicted octanol–water partition coefficient (Wildman–Crippen LogP) is 1.89. The molecule has 0 unspecified atom stereocenters. The quantitative estimate of drug-likeness (QED) is 0.578. The van der Waals surface area contributed by atoms with E-state index in [0.29, 0.717) is 28.8 Å². The number of imidazole rings is 1. The largest absolute Gasteiger partial charge is 0.453 e. The number of alkyl carbamates (subject to hydrolysis) is 1. The summed E-state index contributed by atoms with van der Waals surface area (Å²) in [7, 11) is 1.27. The Morgan fingerprint density at radius 2 is 2.36 bits per heavy atom. The number of aliphatic imine (C=N–C) groups is 1. The van der Waals surface area contributed by atoms with Crippen molar-refractivity contribution < 1.29 is 9.53 Å². The maximum Gasteiger partial charge on any atom is 0.413 e. The number of benzene rings is 1. The van der Waals surface area contributed by atoms with Gasteiger partial charge in [-0.1, -0.05) is 0 Å². The minimum absolute atomic E-state index is 0.247. The van der Waals surface area contributed by atoms with E-state index >= 15 is 0 Å². The first kappa shape index (κ1) is 15.3. The van der Waals surface area contributed by atoms with Crippen LogP contribution >= 0.6 is 0 Å². The molecule has 2 aromatic rings. The van der Waals surface area contributed by atoms with Crippen molar-refractivity contribution in [3.63, 3.8) is 0 Å². The van der Waals surface area contributed by atoms with Crippen LogP contribution in [0.15, 0.2) is 17.4 Å². The number of rotatable bonds is 2. The summed E-state index contributed by atoms with van der Waals surface area (Å²) in [6.45, 7) is 4.18. The Kier molecular flexibility index (Phi) is 4.58. The molecule has 0 saturated carbocycles. The Balaban J connectivity index is 2.41. The van der Waals surface area contributed by atoms with Crippen LogP contribution in [0, 0.1) is 18.3 Å². The molecule has 0 spiro atoms. The van der Waals surface area contributed by atoms with Gasteiger partial charge in [-0.2, -0.15) is 5.26 Å². The molecule has 0 saturated heterocycles. The Morgan fingerprint density at radius 1 is 1.59 bits per heavy atom. The van der Waals surface area contributed by atoms with E-state index in [4.69, 9.17) is 0 Å². The zero-order chi connectivity index (χ0) is 16.1. The number of carbonyl (C=O) groups is 1. The minimum atomic E-state index is -0.626. The number of anilines is 1. The second-order valence-corrected chi connectivity index (χ2v) is 4.40. The lowest BCUT2D eigenvalue weighted by Gasteiger charge is -2.13. The molecule has 1 aromatic heterocycles. The molecule has 0 fully saturated rings. The van der Waals surface area contributed by atoms with E-state index in [2.05, 4.69) is 36.4 Å². The highest BCUT2D eigenvalue weighted by Crippen LogP contribution is 2.26. The van der Waals surface area contributed by atoms with Gasteiger partial charge in [0.2, 0.25) is 5.96 Å². The van der Waals surface area contributed by atoms with Gasteiger partial charge in [0, 0.05) is 17.8 Å². The zero-order valence-corrected chi connectivity index (χ0v) is 12.5. The highest BCUT2D eigenvalue weighted by molar-refractivity contribution is 6.04. The molecule has 0 aliphatic heterocycles. The van der Waals surface area contributed by atoms with E-state index in [9.17, 15) is 10.1 Å². The van der Waals surface area contributed by atoms with E-state index < -0.39 is 6.09 Å². The van der Waals surface area contributed by atoms with Gasteiger partial charge in [0.25, 0.3) is 0 Å². The molecule has 2 rings (SSSR count). The molecular formula is C14H16N6O2. The van der Waals surface area contributed by atoms with E-state index in [1.807, 2.05) is 13.8 Å². The third kappa shape index (κ3) is 2.98. The highest BCUT2D eigenvalue weighted by atomic mass is 16.5. The minimum Gasteiger partial charge on any atom is -0.453 e. The molecule has 1 aromatic carbocycles. The number of aromatic nitrogens is 2. The van der Waals surface area contributed by atoms with Crippen molar-refractivity contribution in [3.05, 3.63) is 23.5 Å². The smallest absolute Gasteiger partial charge is 0.413 e. The van der Waals surface area contributed by atoms with Gasteiger partial charge in [0.1, 0.15) is 6.07 Å². The summed E-state index contributed by atoms with van der Waals surface area (Å²) in [6, 6.07) is 3.80. The monoisotopic (exact) mass is 300 g/mol. The van der Waals surface area contributed by atoms with Crippen LogP contribution in [0.5, 0.6) is 0 Å². The summed E-state index contributed by atoms with van der Waals surface area (Å²) in [5.74, 6) is 0.247. The second-order valence-electron chi connectivity index (χ2n) is 4.40. The second kappa shape index (κ2) is 6.58. The molecule has 22 heavy (non-hydrogen) atoms. The van der Waals surface area contributed by atoms with Gasteiger partial charge in [-0.15, -0.1) is 0 Å². The number of amides is 1. The Morgan fingerprint density at radius 3 is 3.00 bits per heavy atom. The molecule has 1 heterocycles. The average Bonchev–Trinajstić information content (AvgIpc) is 3.00. The maximum atomic E-state index is 11.3. The van der Waals surface area contributed by atoms with Crippen LogP contribution in [0.25, 0.3) is 11.0 Å². The fourth-order valence-electron chi connectivity index (χ4n) is 2.00. The van der Waals surface area contributed by atoms with Gasteiger partial charge in [-0.05, 0) is 19.9 Å². The number of carbonyl (C=O) groups excluding carboxylic acids is 1. The molecular weight excluding hydrogens is 284 g/mol. The van der Waals surface area contributed by atoms with Gasteiger partial charge < -0.3 is 15.0 Å². The van der Waals surface area contributed by atoms with Crippen molar-refractivity contribution in [2.75, 3.05) is 19.0 Å².